The molecule has 0 fully saturated rings. The topological polar surface area (TPSA) is 126 Å². The second-order valence-electron chi connectivity index (χ2n) is 6.47. The molecule has 4 heterocycles. The zero-order valence-corrected chi connectivity index (χ0v) is 16.6. The molecule has 0 bridgehead atoms. The van der Waals surface area contributed by atoms with Crippen molar-refractivity contribution < 1.29 is 21.6 Å². The highest BCUT2D eigenvalue weighted by atomic mass is 32.2. The number of hydrogen-bond acceptors (Lipinski definition) is 7. The molecule has 4 rings (SSSR count). The van der Waals surface area contributed by atoms with Crippen molar-refractivity contribution in [1.29, 1.82) is 0 Å². The first kappa shape index (κ1) is 20.5. The van der Waals surface area contributed by atoms with Gasteiger partial charge in [0.15, 0.2) is 5.82 Å². The smallest absolute Gasteiger partial charge is 0.346 e. The van der Waals surface area contributed by atoms with E-state index in [-0.39, 0.29) is 23.2 Å². The van der Waals surface area contributed by atoms with Crippen molar-refractivity contribution in [3.05, 3.63) is 54.5 Å². The van der Waals surface area contributed by atoms with Crippen LogP contribution in [0, 0.1) is 0 Å². The van der Waals surface area contributed by atoms with Gasteiger partial charge in [-0.2, -0.15) is 13.2 Å². The van der Waals surface area contributed by atoms with E-state index in [1.54, 1.807) is 18.3 Å². The van der Waals surface area contributed by atoms with Gasteiger partial charge in [0.25, 0.3) is 0 Å². The minimum Gasteiger partial charge on any atom is -0.346 e. The van der Waals surface area contributed by atoms with E-state index in [2.05, 4.69) is 35.0 Å². The molecule has 0 amide bonds. The Morgan fingerprint density at radius 3 is 2.61 bits per heavy atom. The zero-order valence-electron chi connectivity index (χ0n) is 15.8. The molecule has 160 valence electrons. The summed E-state index contributed by atoms with van der Waals surface area (Å²) in [6.45, 7) is 0. The van der Waals surface area contributed by atoms with Crippen LogP contribution < -0.4 is 10.0 Å². The Kier molecular flexibility index (Phi) is 4.97. The summed E-state index contributed by atoms with van der Waals surface area (Å²) < 4.78 is 64.2. The summed E-state index contributed by atoms with van der Waals surface area (Å²) in [4.78, 5) is 19.0. The molecular formula is C18H14F3N7O2S. The van der Waals surface area contributed by atoms with Crippen LogP contribution in [0.2, 0.25) is 0 Å². The van der Waals surface area contributed by atoms with E-state index in [4.69, 9.17) is 0 Å². The molecular weight excluding hydrogens is 435 g/mol. The van der Waals surface area contributed by atoms with Crippen LogP contribution in [-0.2, 0) is 16.2 Å². The van der Waals surface area contributed by atoms with Gasteiger partial charge < -0.3 is 10.3 Å². The van der Waals surface area contributed by atoms with Crippen molar-refractivity contribution >= 4 is 38.4 Å². The Hall–Kier alpha value is -3.74. The third kappa shape index (κ3) is 4.71. The monoisotopic (exact) mass is 449 g/mol. The lowest BCUT2D eigenvalue weighted by Crippen LogP contribution is -2.11. The van der Waals surface area contributed by atoms with Crippen LogP contribution in [0.1, 0.15) is 5.69 Å². The quantitative estimate of drug-likeness (QED) is 0.425. The second-order valence-corrected chi connectivity index (χ2v) is 8.22. The van der Waals surface area contributed by atoms with Gasteiger partial charge in [0.2, 0.25) is 10.0 Å². The zero-order chi connectivity index (χ0) is 22.2. The number of nitrogens with zero attached hydrogens (tertiary/aromatic N) is 4. The van der Waals surface area contributed by atoms with Gasteiger partial charge in [-0.15, -0.1) is 0 Å². The Morgan fingerprint density at radius 2 is 1.87 bits per heavy atom. The number of fused-ring (bicyclic) bond motifs is 1. The summed E-state index contributed by atoms with van der Waals surface area (Å²) in [6, 6.07) is 8.19. The SMILES string of the molecule is CS(=O)(=O)Nc1cc(Nc2nc(-c3cccc(C(F)(F)F)n3)nc3[nH]ccc23)ccn1. The molecule has 0 saturated carbocycles. The Morgan fingerprint density at radius 1 is 1.06 bits per heavy atom. The number of rotatable bonds is 5. The van der Waals surface area contributed by atoms with Gasteiger partial charge in [-0.05, 0) is 24.3 Å². The number of halogens is 3. The van der Waals surface area contributed by atoms with Crippen LogP contribution in [0.3, 0.4) is 0 Å². The summed E-state index contributed by atoms with van der Waals surface area (Å²) >= 11 is 0. The van der Waals surface area contributed by atoms with Gasteiger partial charge in [0.1, 0.15) is 28.7 Å². The second kappa shape index (κ2) is 7.50. The summed E-state index contributed by atoms with van der Waals surface area (Å²) in [5.41, 5.74) is -0.274. The number of alkyl halides is 3. The molecule has 0 aliphatic heterocycles. The standard InChI is InChI=1S/C18H14F3N7O2S/c1-31(29,30)28-14-9-10(5-7-22-14)24-16-11-6-8-23-15(11)26-17(27-16)12-3-2-4-13(25-12)18(19,20)21/h2-9H,1H3,(H3,22,23,24,26,27,28). The van der Waals surface area contributed by atoms with Gasteiger partial charge in [-0.3, -0.25) is 4.72 Å². The number of pyridine rings is 2. The Labute approximate surface area is 173 Å². The lowest BCUT2D eigenvalue weighted by Gasteiger charge is -2.11. The predicted octanol–water partition coefficient (Wildman–Crippen LogP) is 3.55. The number of anilines is 3. The summed E-state index contributed by atoms with van der Waals surface area (Å²) in [5, 5.41) is 3.59. The fraction of sp³-hybridized carbons (Fsp3) is 0.111. The Bertz CT molecular complexity index is 1370. The van der Waals surface area contributed by atoms with Gasteiger partial charge in [-0.25, -0.2) is 28.4 Å². The highest BCUT2D eigenvalue weighted by molar-refractivity contribution is 7.92. The van der Waals surface area contributed by atoms with E-state index < -0.39 is 21.9 Å². The van der Waals surface area contributed by atoms with Gasteiger partial charge in [-0.1, -0.05) is 6.07 Å². The molecule has 4 aromatic rings. The first-order chi connectivity index (χ1) is 14.6. The first-order valence-electron chi connectivity index (χ1n) is 8.69. The number of aromatic nitrogens is 5. The molecule has 31 heavy (non-hydrogen) atoms. The molecule has 0 atom stereocenters. The molecule has 0 unspecified atom stereocenters. The van der Waals surface area contributed by atoms with Crippen LogP contribution >= 0.6 is 0 Å². The minimum absolute atomic E-state index is 0.0212. The normalized spacial score (nSPS) is 12.1. The summed E-state index contributed by atoms with van der Waals surface area (Å²) in [5.74, 6) is 0.357. The average Bonchev–Trinajstić information content (AvgIpc) is 3.15. The Balaban J connectivity index is 1.75. The number of H-pyrrole nitrogens is 1. The van der Waals surface area contributed by atoms with Crippen LogP contribution in [0.25, 0.3) is 22.6 Å². The van der Waals surface area contributed by atoms with Crippen molar-refractivity contribution in [1.82, 2.24) is 24.9 Å². The lowest BCUT2D eigenvalue weighted by molar-refractivity contribution is -0.141. The minimum atomic E-state index is -4.60. The molecule has 0 aliphatic rings. The van der Waals surface area contributed by atoms with E-state index in [9.17, 15) is 21.6 Å². The molecule has 0 aliphatic carbocycles. The third-order valence-corrected chi connectivity index (χ3v) is 4.58. The van der Waals surface area contributed by atoms with Crippen molar-refractivity contribution in [2.24, 2.45) is 0 Å². The van der Waals surface area contributed by atoms with E-state index >= 15 is 0 Å². The fourth-order valence-corrected chi connectivity index (χ4v) is 3.25. The molecule has 4 aromatic heterocycles. The van der Waals surface area contributed by atoms with Crippen molar-refractivity contribution in [3.8, 4) is 11.5 Å². The third-order valence-electron chi connectivity index (χ3n) is 4.00. The molecule has 0 saturated heterocycles. The summed E-state index contributed by atoms with van der Waals surface area (Å²) in [7, 11) is -3.52. The summed E-state index contributed by atoms with van der Waals surface area (Å²) in [6.07, 6.45) is -0.609. The molecule has 0 spiro atoms. The van der Waals surface area contributed by atoms with Crippen LogP contribution in [0.15, 0.2) is 48.8 Å². The van der Waals surface area contributed by atoms with Crippen LogP contribution in [-0.4, -0.2) is 39.6 Å². The molecule has 13 heteroatoms. The largest absolute Gasteiger partial charge is 0.433 e. The van der Waals surface area contributed by atoms with Crippen molar-refractivity contribution in [2.45, 2.75) is 6.18 Å². The van der Waals surface area contributed by atoms with E-state index in [1.165, 1.54) is 24.4 Å². The number of sulfonamides is 1. The molecule has 0 aromatic carbocycles. The van der Waals surface area contributed by atoms with Gasteiger partial charge in [0.05, 0.1) is 11.6 Å². The van der Waals surface area contributed by atoms with Crippen LogP contribution in [0.4, 0.5) is 30.5 Å². The average molecular weight is 449 g/mol. The van der Waals surface area contributed by atoms with E-state index in [0.29, 0.717) is 16.7 Å². The van der Waals surface area contributed by atoms with Crippen molar-refractivity contribution in [2.75, 3.05) is 16.3 Å². The lowest BCUT2D eigenvalue weighted by atomic mass is 10.2. The van der Waals surface area contributed by atoms with Crippen molar-refractivity contribution in [3.63, 3.8) is 0 Å². The van der Waals surface area contributed by atoms with E-state index in [1.807, 2.05) is 0 Å². The molecule has 0 radical (unpaired) electrons. The fourth-order valence-electron chi connectivity index (χ4n) is 2.76. The van der Waals surface area contributed by atoms with E-state index in [0.717, 1.165) is 12.3 Å². The van der Waals surface area contributed by atoms with Gasteiger partial charge in [0, 0.05) is 24.1 Å². The maximum absolute atomic E-state index is 13.0. The first-order valence-corrected chi connectivity index (χ1v) is 10.6. The molecule has 9 nitrogen and oxygen atoms in total. The van der Waals surface area contributed by atoms with Gasteiger partial charge >= 0.3 is 6.18 Å². The maximum Gasteiger partial charge on any atom is 0.433 e. The number of hydrogen-bond donors (Lipinski definition) is 3. The number of nitrogens with one attached hydrogen (secondary N) is 3. The van der Waals surface area contributed by atoms with Crippen LogP contribution in [0.5, 0.6) is 0 Å². The molecule has 3 N–H and O–H groups in total. The highest BCUT2D eigenvalue weighted by Gasteiger charge is 2.32. The number of aromatic amines is 1. The maximum atomic E-state index is 13.0. The predicted molar refractivity (Wildman–Crippen MR) is 108 cm³/mol. The highest BCUT2D eigenvalue weighted by Crippen LogP contribution is 2.30.